The predicted octanol–water partition coefficient (Wildman–Crippen LogP) is 3.97. The number of piperazine rings is 1. The van der Waals surface area contributed by atoms with Crippen LogP contribution in [0.15, 0.2) is 60.9 Å². The van der Waals surface area contributed by atoms with Crippen LogP contribution in [0.3, 0.4) is 0 Å². The summed E-state index contributed by atoms with van der Waals surface area (Å²) in [5.74, 6) is 0.489. The first kappa shape index (κ1) is 22.2. The zero-order valence-electron chi connectivity index (χ0n) is 19.3. The van der Waals surface area contributed by atoms with Gasteiger partial charge in [-0.05, 0) is 68.9 Å². The van der Waals surface area contributed by atoms with Gasteiger partial charge in [-0.25, -0.2) is 9.97 Å². The third kappa shape index (κ3) is 5.13. The van der Waals surface area contributed by atoms with Gasteiger partial charge >= 0.3 is 0 Å². The van der Waals surface area contributed by atoms with Gasteiger partial charge < -0.3 is 15.2 Å². The molecule has 0 aliphatic carbocycles. The molecule has 8 nitrogen and oxygen atoms in total. The summed E-state index contributed by atoms with van der Waals surface area (Å²) >= 11 is 0. The Morgan fingerprint density at radius 3 is 2.82 bits per heavy atom. The summed E-state index contributed by atoms with van der Waals surface area (Å²) in [6, 6.07) is 16.0. The summed E-state index contributed by atoms with van der Waals surface area (Å²) < 4.78 is 0. The van der Waals surface area contributed by atoms with Crippen LogP contribution in [-0.2, 0) is 0 Å². The molecular weight excluding hydrogens is 426 g/mol. The van der Waals surface area contributed by atoms with Gasteiger partial charge in [0, 0.05) is 54.7 Å². The number of hydrogen-bond donors (Lipinski definition) is 2. The lowest BCUT2D eigenvalue weighted by Crippen LogP contribution is -2.48. The third-order valence-corrected chi connectivity index (χ3v) is 6.40. The van der Waals surface area contributed by atoms with Crippen LogP contribution in [0, 0.1) is 0 Å². The molecule has 0 spiro atoms. The maximum absolute atomic E-state index is 10.9. The van der Waals surface area contributed by atoms with Gasteiger partial charge in [0.2, 0.25) is 5.95 Å². The lowest BCUT2D eigenvalue weighted by molar-refractivity contribution is 0.112. The zero-order valence-corrected chi connectivity index (χ0v) is 19.3. The molecule has 2 aliphatic rings. The molecule has 6 rings (SSSR count). The molecule has 5 heterocycles. The van der Waals surface area contributed by atoms with E-state index in [1.54, 1.807) is 18.5 Å². The van der Waals surface area contributed by atoms with Crippen LogP contribution in [-0.4, -0.2) is 75.3 Å². The highest BCUT2D eigenvalue weighted by atomic mass is 16.1. The Kier molecular flexibility index (Phi) is 6.60. The molecule has 1 unspecified atom stereocenters. The number of carbonyl (C=O) groups excluding carboxylic acids is 1. The Labute approximate surface area is 199 Å². The minimum Gasteiger partial charge on any atom is -0.352 e. The highest BCUT2D eigenvalue weighted by molar-refractivity contribution is 5.90. The van der Waals surface area contributed by atoms with Crippen LogP contribution in [0.25, 0.3) is 22.3 Å². The van der Waals surface area contributed by atoms with Crippen molar-refractivity contribution in [3.63, 3.8) is 0 Å². The highest BCUT2D eigenvalue weighted by Gasteiger charge is 2.28. The maximum atomic E-state index is 10.9. The molecule has 1 atom stereocenters. The van der Waals surface area contributed by atoms with E-state index < -0.39 is 0 Å². The number of benzene rings is 1. The van der Waals surface area contributed by atoms with Crippen molar-refractivity contribution >= 4 is 28.8 Å². The van der Waals surface area contributed by atoms with Crippen LogP contribution in [0.1, 0.15) is 23.3 Å². The van der Waals surface area contributed by atoms with Gasteiger partial charge in [0.05, 0.1) is 17.1 Å². The van der Waals surface area contributed by atoms with Crippen LogP contribution in [0.4, 0.5) is 11.6 Å². The normalized spacial score (nSPS) is 18.2. The highest BCUT2D eigenvalue weighted by Crippen LogP contribution is 2.23. The smallest absolute Gasteiger partial charge is 0.227 e. The van der Waals surface area contributed by atoms with Crippen LogP contribution < -0.4 is 5.32 Å². The number of nitrogens with one attached hydrogen (secondary N) is 2. The lowest BCUT2D eigenvalue weighted by Gasteiger charge is -2.35. The van der Waals surface area contributed by atoms with E-state index in [9.17, 15) is 4.79 Å². The second-order valence-corrected chi connectivity index (χ2v) is 8.84. The summed E-state index contributed by atoms with van der Waals surface area (Å²) in [6.07, 6.45) is 7.09. The van der Waals surface area contributed by atoms with Crippen LogP contribution >= 0.6 is 0 Å². The number of hydrogen-bond acceptors (Lipinski definition) is 7. The van der Waals surface area contributed by atoms with Gasteiger partial charge in [-0.2, -0.15) is 0 Å². The van der Waals surface area contributed by atoms with Crippen molar-refractivity contribution in [2.75, 3.05) is 38.5 Å². The second-order valence-electron chi connectivity index (χ2n) is 8.84. The minimum atomic E-state index is 0.489. The number of fused-ring (bicyclic) bond motifs is 2. The van der Waals surface area contributed by atoms with Gasteiger partial charge in [0.25, 0.3) is 0 Å². The molecular formula is C26H29N7O. The number of aromatic nitrogens is 4. The molecule has 174 valence electrons. The Morgan fingerprint density at radius 1 is 1.03 bits per heavy atom. The average molecular weight is 456 g/mol. The van der Waals surface area contributed by atoms with Crippen molar-refractivity contribution in [3.8, 4) is 11.4 Å². The topological polar surface area (TPSA) is 90.0 Å². The molecule has 34 heavy (non-hydrogen) atoms. The first-order chi connectivity index (χ1) is 16.7. The Hall–Kier alpha value is -3.62. The van der Waals surface area contributed by atoms with Crippen molar-refractivity contribution < 1.29 is 4.79 Å². The maximum Gasteiger partial charge on any atom is 0.227 e. The first-order valence-corrected chi connectivity index (χ1v) is 11.7. The van der Waals surface area contributed by atoms with Gasteiger partial charge in [-0.3, -0.25) is 14.7 Å². The SMILES string of the molecule is CN1CCN2CCCC2C1.O=Cc1cc2cc(Nc3nccc(-c4ccccn4)n3)ccc2[nH]1. The van der Waals surface area contributed by atoms with E-state index in [-0.39, 0.29) is 0 Å². The predicted molar refractivity (Wildman–Crippen MR) is 134 cm³/mol. The quantitative estimate of drug-likeness (QED) is 0.450. The van der Waals surface area contributed by atoms with E-state index >= 15 is 0 Å². The number of carbonyl (C=O) groups is 1. The van der Waals surface area contributed by atoms with E-state index in [0.717, 1.165) is 40.3 Å². The number of H-pyrrole nitrogens is 1. The fourth-order valence-electron chi connectivity index (χ4n) is 4.65. The van der Waals surface area contributed by atoms with Crippen molar-refractivity contribution in [1.82, 2.24) is 29.7 Å². The fraction of sp³-hybridized carbons (Fsp3) is 0.308. The van der Waals surface area contributed by atoms with E-state index in [0.29, 0.717) is 11.6 Å². The fourth-order valence-corrected chi connectivity index (χ4v) is 4.65. The monoisotopic (exact) mass is 455 g/mol. The molecule has 1 aromatic carbocycles. The second kappa shape index (κ2) is 10.1. The number of nitrogens with zero attached hydrogens (tertiary/aromatic N) is 5. The Bertz CT molecular complexity index is 1260. The molecule has 8 heteroatoms. The summed E-state index contributed by atoms with van der Waals surface area (Å²) in [7, 11) is 2.23. The minimum absolute atomic E-state index is 0.489. The van der Waals surface area contributed by atoms with Crippen molar-refractivity contribution in [3.05, 3.63) is 66.6 Å². The van der Waals surface area contributed by atoms with Gasteiger partial charge in [0.15, 0.2) is 6.29 Å². The largest absolute Gasteiger partial charge is 0.352 e. The third-order valence-electron chi connectivity index (χ3n) is 6.40. The van der Waals surface area contributed by atoms with Gasteiger partial charge in [0.1, 0.15) is 0 Å². The molecule has 0 amide bonds. The number of pyridine rings is 1. The molecule has 2 N–H and O–H groups in total. The first-order valence-electron chi connectivity index (χ1n) is 11.7. The number of aromatic amines is 1. The van der Waals surface area contributed by atoms with Crippen LogP contribution in [0.5, 0.6) is 0 Å². The van der Waals surface area contributed by atoms with E-state index in [1.165, 1.54) is 39.0 Å². The molecule has 4 aromatic rings. The van der Waals surface area contributed by atoms with Crippen molar-refractivity contribution in [2.45, 2.75) is 18.9 Å². The standard InChI is InChI=1S/C18H13N5O.C8H16N2/c24-11-14-10-12-9-13(4-5-15(12)21-14)22-18-20-8-6-17(23-18)16-3-1-2-7-19-16;1-9-5-6-10-4-2-3-8(10)7-9/h1-11,21H,(H,20,22,23);8H,2-7H2,1H3. The van der Waals surface area contributed by atoms with E-state index in [1.807, 2.05) is 42.5 Å². The lowest BCUT2D eigenvalue weighted by atomic mass is 10.2. The molecule has 2 aliphatic heterocycles. The molecule has 2 fully saturated rings. The number of anilines is 2. The Balaban J connectivity index is 0.000000200. The zero-order chi connectivity index (χ0) is 23.3. The number of likely N-dealkylation sites (N-methyl/N-ethyl adjacent to an activating group) is 1. The molecule has 0 radical (unpaired) electrons. The van der Waals surface area contributed by atoms with Gasteiger partial charge in [-0.1, -0.05) is 6.07 Å². The number of rotatable bonds is 4. The van der Waals surface area contributed by atoms with E-state index in [4.69, 9.17) is 0 Å². The summed E-state index contributed by atoms with van der Waals surface area (Å²) in [5, 5.41) is 4.13. The summed E-state index contributed by atoms with van der Waals surface area (Å²) in [6.45, 7) is 5.25. The Morgan fingerprint density at radius 2 is 1.97 bits per heavy atom. The molecule has 0 bridgehead atoms. The average Bonchev–Trinajstić information content (AvgIpc) is 3.51. The molecule has 3 aromatic heterocycles. The molecule has 2 saturated heterocycles. The summed E-state index contributed by atoms with van der Waals surface area (Å²) in [5.41, 5.74) is 3.84. The number of aldehydes is 1. The van der Waals surface area contributed by atoms with Gasteiger partial charge in [-0.15, -0.1) is 0 Å². The van der Waals surface area contributed by atoms with Crippen molar-refractivity contribution in [1.29, 1.82) is 0 Å². The molecule has 0 saturated carbocycles. The summed E-state index contributed by atoms with van der Waals surface area (Å²) in [4.78, 5) is 32.0. The van der Waals surface area contributed by atoms with E-state index in [2.05, 4.69) is 42.1 Å². The van der Waals surface area contributed by atoms with Crippen LogP contribution in [0.2, 0.25) is 0 Å². The van der Waals surface area contributed by atoms with Crippen molar-refractivity contribution in [2.24, 2.45) is 0 Å².